The molecule has 0 unspecified atom stereocenters. The number of Topliss-reactive ketones (excluding diaryl/α,β-unsaturated/α-hetero) is 1. The fraction of sp³-hybridized carbons (Fsp3) is 0.750. The Morgan fingerprint density at radius 2 is 1.80 bits per heavy atom. The van der Waals surface area contributed by atoms with Crippen molar-refractivity contribution in [2.75, 3.05) is 0 Å². The fourth-order valence-corrected chi connectivity index (χ4v) is 6.85. The number of hydrogen-bond acceptors (Lipinski definition) is 5. The average molecular weight is 348 g/mol. The molecule has 3 saturated carbocycles. The number of hydrogen-bond donors (Lipinski definition) is 4. The molecule has 25 heavy (non-hydrogen) atoms. The Balaban J connectivity index is 2.11. The van der Waals surface area contributed by atoms with Gasteiger partial charge in [0.2, 0.25) is 0 Å². The number of ketones is 1. The molecule has 5 heteroatoms. The van der Waals surface area contributed by atoms with Crippen LogP contribution in [0.5, 0.6) is 0 Å². The Morgan fingerprint density at radius 1 is 1.16 bits per heavy atom. The van der Waals surface area contributed by atoms with Crippen LogP contribution in [0.2, 0.25) is 0 Å². The van der Waals surface area contributed by atoms with Crippen LogP contribution in [0, 0.1) is 22.2 Å². The van der Waals surface area contributed by atoms with Crippen molar-refractivity contribution in [1.82, 2.24) is 0 Å². The minimum absolute atomic E-state index is 0.0918. The van der Waals surface area contributed by atoms with Crippen LogP contribution in [0.4, 0.5) is 0 Å². The fourth-order valence-electron chi connectivity index (χ4n) is 6.85. The predicted octanol–water partition coefficient (Wildman–Crippen LogP) is 2.02. The van der Waals surface area contributed by atoms with Crippen LogP contribution in [0.1, 0.15) is 52.9 Å². The molecule has 3 fully saturated rings. The van der Waals surface area contributed by atoms with Crippen molar-refractivity contribution in [1.29, 1.82) is 0 Å². The standard InChI is InChI=1S/C20H28O5/c1-11-5-6-19(24)16(11,3)7-8-20(25)17(4)9-14(22)15(23)18(19,20)10-13(21)12(17)2/h10-11,15,21,23-25H,2,5-9H2,1,3-4H3/t11-,15-,16+,17+,18-,19-,20-/m0/s1. The molecule has 5 nitrogen and oxygen atoms in total. The number of carbonyl (C=O) groups excluding carboxylic acids is 1. The molecule has 0 radical (unpaired) electrons. The van der Waals surface area contributed by atoms with Crippen LogP contribution >= 0.6 is 0 Å². The summed E-state index contributed by atoms with van der Waals surface area (Å²) >= 11 is 0. The van der Waals surface area contributed by atoms with Crippen LogP contribution in [0.3, 0.4) is 0 Å². The van der Waals surface area contributed by atoms with E-state index in [1.54, 1.807) is 6.92 Å². The zero-order valence-electron chi connectivity index (χ0n) is 15.2. The first-order valence-corrected chi connectivity index (χ1v) is 9.18. The molecule has 0 aliphatic heterocycles. The Labute approximate surface area is 148 Å². The normalized spacial score (nSPS) is 57.8. The highest BCUT2D eigenvalue weighted by atomic mass is 16.3. The summed E-state index contributed by atoms with van der Waals surface area (Å²) in [6.07, 6.45) is 1.79. The smallest absolute Gasteiger partial charge is 0.163 e. The largest absolute Gasteiger partial charge is 0.508 e. The monoisotopic (exact) mass is 348 g/mol. The quantitative estimate of drug-likeness (QED) is 0.537. The van der Waals surface area contributed by atoms with Gasteiger partial charge in [-0.15, -0.1) is 0 Å². The van der Waals surface area contributed by atoms with Gasteiger partial charge in [-0.3, -0.25) is 4.79 Å². The van der Waals surface area contributed by atoms with Gasteiger partial charge < -0.3 is 20.4 Å². The molecule has 0 amide bonds. The number of carbonyl (C=O) groups is 1. The molecule has 0 spiro atoms. The summed E-state index contributed by atoms with van der Waals surface area (Å²) in [5.74, 6) is -0.349. The van der Waals surface area contributed by atoms with Gasteiger partial charge in [0, 0.05) is 17.3 Å². The molecule has 0 saturated heterocycles. The number of fused-ring (bicyclic) bond motifs is 1. The molecule has 138 valence electrons. The van der Waals surface area contributed by atoms with Crippen LogP contribution in [-0.2, 0) is 4.79 Å². The zero-order valence-corrected chi connectivity index (χ0v) is 15.2. The van der Waals surface area contributed by atoms with Crippen molar-refractivity contribution in [3.05, 3.63) is 24.0 Å². The van der Waals surface area contributed by atoms with Crippen LogP contribution in [-0.4, -0.2) is 43.5 Å². The molecule has 2 bridgehead atoms. The molecule has 4 aliphatic rings. The molecule has 0 heterocycles. The predicted molar refractivity (Wildman–Crippen MR) is 91.7 cm³/mol. The first kappa shape index (κ1) is 17.3. The highest BCUT2D eigenvalue weighted by Gasteiger charge is 2.82. The lowest BCUT2D eigenvalue weighted by molar-refractivity contribution is -0.315. The highest BCUT2D eigenvalue weighted by molar-refractivity contribution is 5.88. The van der Waals surface area contributed by atoms with Crippen molar-refractivity contribution < 1.29 is 25.2 Å². The molecule has 0 aromatic heterocycles. The second kappa shape index (κ2) is 4.38. The van der Waals surface area contributed by atoms with Crippen molar-refractivity contribution in [3.8, 4) is 0 Å². The van der Waals surface area contributed by atoms with Gasteiger partial charge in [0.05, 0.1) is 16.6 Å². The van der Waals surface area contributed by atoms with E-state index in [9.17, 15) is 25.2 Å². The Bertz CT molecular complexity index is 728. The summed E-state index contributed by atoms with van der Waals surface area (Å²) in [5, 5.41) is 45.5. The third-order valence-corrected chi connectivity index (χ3v) is 8.86. The number of allylic oxidation sites excluding steroid dienone is 1. The second-order valence-corrected chi connectivity index (χ2v) is 9.33. The van der Waals surface area contributed by atoms with E-state index in [1.165, 1.54) is 6.08 Å². The molecule has 4 N–H and O–H groups in total. The van der Waals surface area contributed by atoms with Crippen molar-refractivity contribution >= 4 is 5.78 Å². The Morgan fingerprint density at radius 3 is 2.44 bits per heavy atom. The summed E-state index contributed by atoms with van der Waals surface area (Å²) in [5.41, 5.74) is -5.97. The van der Waals surface area contributed by atoms with Crippen LogP contribution in [0.25, 0.3) is 0 Å². The lowest BCUT2D eigenvalue weighted by Crippen LogP contribution is -2.81. The maximum atomic E-state index is 12.7. The maximum Gasteiger partial charge on any atom is 0.163 e. The summed E-state index contributed by atoms with van der Waals surface area (Å²) < 4.78 is 0. The molecular formula is C20H28O5. The minimum atomic E-state index is -1.62. The van der Waals surface area contributed by atoms with Crippen molar-refractivity contribution in [2.45, 2.75) is 70.2 Å². The number of aliphatic hydroxyl groups excluding tert-OH is 2. The van der Waals surface area contributed by atoms with Gasteiger partial charge in [-0.05, 0) is 43.3 Å². The zero-order chi connectivity index (χ0) is 18.6. The molecule has 0 aromatic rings. The molecule has 4 aliphatic carbocycles. The van der Waals surface area contributed by atoms with E-state index < -0.39 is 39.3 Å². The third kappa shape index (κ3) is 1.41. The molecule has 7 atom stereocenters. The van der Waals surface area contributed by atoms with Crippen molar-refractivity contribution in [2.24, 2.45) is 22.2 Å². The molecule has 4 rings (SSSR count). The second-order valence-electron chi connectivity index (χ2n) is 9.33. The average Bonchev–Trinajstić information content (AvgIpc) is 2.79. The van der Waals surface area contributed by atoms with E-state index in [2.05, 4.69) is 13.5 Å². The van der Waals surface area contributed by atoms with Crippen LogP contribution < -0.4 is 0 Å². The maximum absolute atomic E-state index is 12.7. The van der Waals surface area contributed by atoms with Gasteiger partial charge in [0.15, 0.2) is 5.78 Å². The van der Waals surface area contributed by atoms with Gasteiger partial charge in [-0.1, -0.05) is 27.4 Å². The minimum Gasteiger partial charge on any atom is -0.508 e. The molecular weight excluding hydrogens is 320 g/mol. The van der Waals surface area contributed by atoms with Gasteiger partial charge >= 0.3 is 0 Å². The first-order chi connectivity index (χ1) is 11.4. The van der Waals surface area contributed by atoms with E-state index in [0.29, 0.717) is 24.8 Å². The van der Waals surface area contributed by atoms with Crippen molar-refractivity contribution in [3.63, 3.8) is 0 Å². The Kier molecular flexibility index (Phi) is 3.02. The van der Waals surface area contributed by atoms with Gasteiger partial charge in [-0.25, -0.2) is 0 Å². The lowest BCUT2D eigenvalue weighted by Gasteiger charge is -2.72. The first-order valence-electron chi connectivity index (χ1n) is 9.18. The van der Waals surface area contributed by atoms with Gasteiger partial charge in [-0.2, -0.15) is 0 Å². The van der Waals surface area contributed by atoms with Gasteiger partial charge in [0.25, 0.3) is 0 Å². The van der Waals surface area contributed by atoms with E-state index in [1.807, 2.05) is 6.92 Å². The summed E-state index contributed by atoms with van der Waals surface area (Å²) in [6, 6.07) is 0. The van der Waals surface area contributed by atoms with Gasteiger partial charge in [0.1, 0.15) is 11.9 Å². The summed E-state index contributed by atoms with van der Waals surface area (Å²) in [6.45, 7) is 9.70. The van der Waals surface area contributed by atoms with E-state index in [0.717, 1.165) is 6.42 Å². The summed E-state index contributed by atoms with van der Waals surface area (Å²) in [7, 11) is 0. The van der Waals surface area contributed by atoms with E-state index in [4.69, 9.17) is 0 Å². The van der Waals surface area contributed by atoms with Crippen LogP contribution in [0.15, 0.2) is 24.0 Å². The van der Waals surface area contributed by atoms with E-state index >= 15 is 0 Å². The summed E-state index contributed by atoms with van der Waals surface area (Å²) in [4.78, 5) is 12.7. The number of aliphatic hydroxyl groups is 4. The molecule has 0 aromatic carbocycles. The highest BCUT2D eigenvalue weighted by Crippen LogP contribution is 2.75. The lowest BCUT2D eigenvalue weighted by atomic mass is 9.35. The third-order valence-electron chi connectivity index (χ3n) is 8.86. The topological polar surface area (TPSA) is 98.0 Å². The van der Waals surface area contributed by atoms with E-state index in [-0.39, 0.29) is 18.1 Å². The number of rotatable bonds is 0. The SMILES string of the molecule is C=C1C(O)=C[C@@]23[C@@H](O)C(=O)C[C@@]1(C)[C@@]2(O)CC[C@]1(C)[C@@H](C)CC[C@@]31O. The Hall–Kier alpha value is -1.17.